The molecule has 0 atom stereocenters. The molecule has 3 rings (SSSR count). The summed E-state index contributed by atoms with van der Waals surface area (Å²) in [5, 5.41) is 2.78. The molecule has 2 aliphatic heterocycles. The van der Waals surface area contributed by atoms with E-state index in [0.29, 0.717) is 39.3 Å². The van der Waals surface area contributed by atoms with Crippen molar-refractivity contribution in [1.29, 1.82) is 0 Å². The van der Waals surface area contributed by atoms with Gasteiger partial charge in [0.15, 0.2) is 0 Å². The lowest BCUT2D eigenvalue weighted by molar-refractivity contribution is -0.150. The lowest BCUT2D eigenvalue weighted by Gasteiger charge is -2.41. The van der Waals surface area contributed by atoms with Crippen molar-refractivity contribution >= 4 is 23.5 Å². The number of carbonyl (C=O) groups is 3. The Morgan fingerprint density at radius 1 is 1.07 bits per heavy atom. The van der Waals surface area contributed by atoms with Crippen molar-refractivity contribution in [2.75, 3.05) is 44.2 Å². The Morgan fingerprint density at radius 3 is 2.40 bits per heavy atom. The zero-order valence-corrected chi connectivity index (χ0v) is 18.4. The van der Waals surface area contributed by atoms with E-state index < -0.39 is 5.54 Å². The van der Waals surface area contributed by atoms with E-state index in [4.69, 9.17) is 0 Å². The molecule has 1 aromatic heterocycles. The average Bonchev–Trinajstić information content (AvgIpc) is 2.73. The molecular weight excluding hydrogens is 384 g/mol. The van der Waals surface area contributed by atoms with Gasteiger partial charge in [0.1, 0.15) is 17.2 Å². The van der Waals surface area contributed by atoms with Crippen molar-refractivity contribution < 1.29 is 14.4 Å². The predicted octanol–water partition coefficient (Wildman–Crippen LogP) is 0.513. The molecule has 9 heteroatoms. The third-order valence-corrected chi connectivity index (χ3v) is 5.86. The molecule has 0 unspecified atom stereocenters. The van der Waals surface area contributed by atoms with Crippen LogP contribution in [-0.4, -0.2) is 82.3 Å². The Morgan fingerprint density at radius 2 is 1.73 bits per heavy atom. The molecule has 0 spiro atoms. The zero-order chi connectivity index (χ0) is 21.9. The Bertz CT molecular complexity index is 817. The summed E-state index contributed by atoms with van der Waals surface area (Å²) < 4.78 is 0. The molecule has 2 aliphatic rings. The molecular formula is C21H32N6O3. The van der Waals surface area contributed by atoms with Crippen LogP contribution in [0.2, 0.25) is 0 Å². The molecule has 164 valence electrons. The Balaban J connectivity index is 1.50. The number of aromatic nitrogens is 2. The van der Waals surface area contributed by atoms with Gasteiger partial charge in [0.05, 0.1) is 0 Å². The van der Waals surface area contributed by atoms with Crippen LogP contribution in [0, 0.1) is 6.92 Å². The number of aryl methyl sites for hydroxylation is 2. The molecule has 0 bridgehead atoms. The first-order valence-electron chi connectivity index (χ1n) is 10.7. The lowest BCUT2D eigenvalue weighted by Crippen LogP contribution is -2.63. The number of hydrogen-bond donors (Lipinski definition) is 1. The molecule has 1 N–H and O–H groups in total. The molecule has 1 aromatic rings. The lowest BCUT2D eigenvalue weighted by atomic mass is 9.98. The van der Waals surface area contributed by atoms with Crippen molar-refractivity contribution in [2.24, 2.45) is 0 Å². The predicted molar refractivity (Wildman–Crippen MR) is 113 cm³/mol. The van der Waals surface area contributed by atoms with Gasteiger partial charge in [-0.1, -0.05) is 6.92 Å². The van der Waals surface area contributed by atoms with Crippen LogP contribution in [0.4, 0.5) is 5.82 Å². The van der Waals surface area contributed by atoms with E-state index in [-0.39, 0.29) is 30.6 Å². The quantitative estimate of drug-likeness (QED) is 0.751. The molecule has 0 aromatic carbocycles. The fraction of sp³-hybridized carbons (Fsp3) is 0.667. The van der Waals surface area contributed by atoms with Gasteiger partial charge < -0.3 is 20.0 Å². The number of anilines is 1. The van der Waals surface area contributed by atoms with Crippen LogP contribution in [-0.2, 0) is 20.8 Å². The Kier molecular flexibility index (Phi) is 6.58. The van der Waals surface area contributed by atoms with Crippen LogP contribution in [0.25, 0.3) is 0 Å². The first kappa shape index (κ1) is 22.0. The Hall–Kier alpha value is -2.71. The van der Waals surface area contributed by atoms with Gasteiger partial charge in [-0.3, -0.25) is 14.4 Å². The van der Waals surface area contributed by atoms with Crippen molar-refractivity contribution in [1.82, 2.24) is 25.1 Å². The van der Waals surface area contributed by atoms with Gasteiger partial charge in [0, 0.05) is 70.3 Å². The summed E-state index contributed by atoms with van der Waals surface area (Å²) in [6.07, 6.45) is 1.08. The number of carbonyl (C=O) groups excluding carboxylic acids is 3. The Labute approximate surface area is 177 Å². The minimum absolute atomic E-state index is 0.0182. The first-order chi connectivity index (χ1) is 14.2. The number of rotatable bonds is 5. The van der Waals surface area contributed by atoms with Crippen molar-refractivity contribution in [2.45, 2.75) is 52.5 Å². The maximum absolute atomic E-state index is 12.6. The fourth-order valence-corrected chi connectivity index (χ4v) is 3.96. The molecule has 30 heavy (non-hydrogen) atoms. The van der Waals surface area contributed by atoms with E-state index in [1.165, 1.54) is 0 Å². The van der Waals surface area contributed by atoms with E-state index >= 15 is 0 Å². The molecule has 2 saturated heterocycles. The molecule has 0 aliphatic carbocycles. The zero-order valence-electron chi connectivity index (χ0n) is 18.4. The maximum atomic E-state index is 12.6. The van der Waals surface area contributed by atoms with Gasteiger partial charge in [-0.25, -0.2) is 9.97 Å². The van der Waals surface area contributed by atoms with E-state index in [1.807, 2.05) is 24.8 Å². The van der Waals surface area contributed by atoms with Crippen molar-refractivity contribution in [3.63, 3.8) is 0 Å². The topological polar surface area (TPSA) is 98.7 Å². The van der Waals surface area contributed by atoms with Crippen LogP contribution in [0.5, 0.6) is 0 Å². The number of nitrogens with zero attached hydrogens (tertiary/aromatic N) is 5. The molecule has 2 fully saturated rings. The third-order valence-electron chi connectivity index (χ3n) is 5.86. The van der Waals surface area contributed by atoms with Gasteiger partial charge in [0.25, 0.3) is 0 Å². The highest BCUT2D eigenvalue weighted by Gasteiger charge is 2.40. The minimum Gasteiger partial charge on any atom is -0.353 e. The summed E-state index contributed by atoms with van der Waals surface area (Å²) >= 11 is 0. The first-order valence-corrected chi connectivity index (χ1v) is 10.7. The van der Waals surface area contributed by atoms with Crippen LogP contribution in [0.1, 0.15) is 45.1 Å². The van der Waals surface area contributed by atoms with Crippen molar-refractivity contribution in [3.05, 3.63) is 17.6 Å². The van der Waals surface area contributed by atoms with E-state index in [0.717, 1.165) is 23.8 Å². The van der Waals surface area contributed by atoms with Gasteiger partial charge >= 0.3 is 0 Å². The van der Waals surface area contributed by atoms with Gasteiger partial charge in [-0.15, -0.1) is 0 Å². The fourth-order valence-electron chi connectivity index (χ4n) is 3.96. The summed E-state index contributed by atoms with van der Waals surface area (Å²) in [4.78, 5) is 51.9. The van der Waals surface area contributed by atoms with Crippen LogP contribution < -0.4 is 10.2 Å². The molecule has 3 amide bonds. The van der Waals surface area contributed by atoms with Crippen LogP contribution in [0.3, 0.4) is 0 Å². The second-order valence-electron chi connectivity index (χ2n) is 8.37. The second-order valence-corrected chi connectivity index (χ2v) is 8.37. The van der Waals surface area contributed by atoms with Gasteiger partial charge in [-0.05, 0) is 20.8 Å². The smallest absolute Gasteiger partial charge is 0.245 e. The van der Waals surface area contributed by atoms with Gasteiger partial charge in [0.2, 0.25) is 17.7 Å². The van der Waals surface area contributed by atoms with E-state index in [2.05, 4.69) is 20.2 Å². The van der Waals surface area contributed by atoms with Gasteiger partial charge in [-0.2, -0.15) is 0 Å². The summed E-state index contributed by atoms with van der Waals surface area (Å²) in [6, 6.07) is 1.98. The second kappa shape index (κ2) is 8.97. The number of piperazine rings is 2. The highest BCUT2D eigenvalue weighted by Crippen LogP contribution is 2.20. The normalized spacial score (nSPS) is 18.9. The maximum Gasteiger partial charge on any atom is 0.245 e. The minimum atomic E-state index is -0.878. The standard InChI is InChI=1S/C21H32N6O3/c1-5-16-23-15(2)14-17(24-16)25-10-12-26(13-11-25)18(28)6-7-19(29)27-9-8-22-20(30)21(27,3)4/h14H,5-13H2,1-4H3,(H,22,30). The summed E-state index contributed by atoms with van der Waals surface area (Å²) in [5.74, 6) is 1.42. The number of hydrogen-bond acceptors (Lipinski definition) is 6. The molecule has 0 saturated carbocycles. The van der Waals surface area contributed by atoms with E-state index in [1.54, 1.807) is 18.7 Å². The largest absolute Gasteiger partial charge is 0.353 e. The number of nitrogens with one attached hydrogen (secondary N) is 1. The number of amides is 3. The summed E-state index contributed by atoms with van der Waals surface area (Å²) in [5.41, 5.74) is 0.0694. The summed E-state index contributed by atoms with van der Waals surface area (Å²) in [6.45, 7) is 11.0. The summed E-state index contributed by atoms with van der Waals surface area (Å²) in [7, 11) is 0. The average molecular weight is 417 g/mol. The van der Waals surface area contributed by atoms with Crippen LogP contribution >= 0.6 is 0 Å². The van der Waals surface area contributed by atoms with E-state index in [9.17, 15) is 14.4 Å². The monoisotopic (exact) mass is 416 g/mol. The molecule has 3 heterocycles. The highest BCUT2D eigenvalue weighted by molar-refractivity contribution is 5.93. The SMILES string of the molecule is CCc1nc(C)cc(N2CCN(C(=O)CCC(=O)N3CCNC(=O)C3(C)C)CC2)n1. The molecule has 0 radical (unpaired) electrons. The highest BCUT2D eigenvalue weighted by atomic mass is 16.2. The van der Waals surface area contributed by atoms with Crippen molar-refractivity contribution in [3.8, 4) is 0 Å². The van der Waals surface area contributed by atoms with Crippen LogP contribution in [0.15, 0.2) is 6.07 Å². The third kappa shape index (κ3) is 4.71. The molecule has 9 nitrogen and oxygen atoms in total.